The summed E-state index contributed by atoms with van der Waals surface area (Å²) in [5.41, 5.74) is 2.56. The van der Waals surface area contributed by atoms with Gasteiger partial charge in [0.1, 0.15) is 5.01 Å². The average Bonchev–Trinajstić information content (AvgIpc) is 3.11. The van der Waals surface area contributed by atoms with Gasteiger partial charge in [0.2, 0.25) is 0 Å². The number of thiazole rings is 1. The molecule has 0 fully saturated rings. The van der Waals surface area contributed by atoms with Crippen molar-refractivity contribution in [2.24, 2.45) is 0 Å². The molecule has 3 heteroatoms. The molecule has 2 nitrogen and oxygen atoms in total. The second kappa shape index (κ2) is 6.95. The van der Waals surface area contributed by atoms with E-state index in [1.807, 2.05) is 12.3 Å². The topological polar surface area (TPSA) is 24.9 Å². The van der Waals surface area contributed by atoms with E-state index in [0.717, 1.165) is 18.1 Å². The van der Waals surface area contributed by atoms with Crippen LogP contribution in [0.15, 0.2) is 79.0 Å². The molecule has 0 aliphatic rings. The van der Waals surface area contributed by atoms with Crippen LogP contribution >= 0.6 is 11.3 Å². The Hall–Kier alpha value is -2.49. The maximum absolute atomic E-state index is 4.59. The number of rotatable bonds is 5. The summed E-state index contributed by atoms with van der Waals surface area (Å²) in [4.78, 5) is 5.81. The van der Waals surface area contributed by atoms with Crippen LogP contribution in [0, 0.1) is 0 Å². The number of nitrogens with one attached hydrogen (secondary N) is 1. The summed E-state index contributed by atoms with van der Waals surface area (Å²) in [6, 6.07) is 25.4. The van der Waals surface area contributed by atoms with Gasteiger partial charge >= 0.3 is 0 Å². The van der Waals surface area contributed by atoms with Gasteiger partial charge in [0.25, 0.3) is 0 Å². The molecule has 4 aromatic rings. The van der Waals surface area contributed by atoms with E-state index >= 15 is 0 Å². The van der Waals surface area contributed by atoms with E-state index in [-0.39, 0.29) is 0 Å². The maximum Gasteiger partial charge on any atom is 0.107 e. The van der Waals surface area contributed by atoms with Crippen molar-refractivity contribution in [3.8, 4) is 10.4 Å². The van der Waals surface area contributed by atoms with Crippen LogP contribution in [0.3, 0.4) is 0 Å². The number of fused-ring (bicyclic) bond motifs is 1. The molecule has 0 aliphatic heterocycles. The fourth-order valence-electron chi connectivity index (χ4n) is 2.87. The fraction of sp³-hybridized carbons (Fsp3) is 0.0952. The first kappa shape index (κ1) is 15.1. The molecule has 1 aromatic heterocycles. The lowest BCUT2D eigenvalue weighted by Crippen LogP contribution is -2.12. The molecular weight excluding hydrogens is 312 g/mol. The Kier molecular flexibility index (Phi) is 4.36. The first-order valence-electron chi connectivity index (χ1n) is 8.07. The number of hydrogen-bond acceptors (Lipinski definition) is 3. The van der Waals surface area contributed by atoms with Crippen molar-refractivity contribution in [3.05, 3.63) is 89.6 Å². The lowest BCUT2D eigenvalue weighted by Gasteiger charge is -2.04. The number of benzene rings is 3. The molecule has 118 valence electrons. The van der Waals surface area contributed by atoms with Crippen LogP contribution in [0.2, 0.25) is 0 Å². The molecule has 24 heavy (non-hydrogen) atoms. The Bertz CT molecular complexity index is 939. The van der Waals surface area contributed by atoms with Gasteiger partial charge in [-0.25, -0.2) is 4.98 Å². The van der Waals surface area contributed by atoms with E-state index < -0.39 is 0 Å². The van der Waals surface area contributed by atoms with Gasteiger partial charge in [-0.15, -0.1) is 11.3 Å². The highest BCUT2D eigenvalue weighted by Gasteiger charge is 2.07. The van der Waals surface area contributed by atoms with Crippen molar-refractivity contribution in [2.45, 2.75) is 13.1 Å². The largest absolute Gasteiger partial charge is 0.306 e. The minimum Gasteiger partial charge on any atom is -0.306 e. The molecule has 0 atom stereocenters. The Balaban J connectivity index is 1.50. The van der Waals surface area contributed by atoms with Crippen LogP contribution in [-0.4, -0.2) is 4.98 Å². The first-order valence-corrected chi connectivity index (χ1v) is 8.89. The maximum atomic E-state index is 4.59. The number of aromatic nitrogens is 1. The van der Waals surface area contributed by atoms with Crippen molar-refractivity contribution in [3.63, 3.8) is 0 Å². The highest BCUT2D eigenvalue weighted by atomic mass is 32.1. The zero-order chi connectivity index (χ0) is 16.2. The third kappa shape index (κ3) is 3.23. The summed E-state index contributed by atoms with van der Waals surface area (Å²) in [6.07, 6.45) is 1.99. The van der Waals surface area contributed by atoms with Crippen LogP contribution in [0.25, 0.3) is 21.2 Å². The van der Waals surface area contributed by atoms with Crippen LogP contribution in [0.5, 0.6) is 0 Å². The number of nitrogens with zero attached hydrogens (tertiary/aromatic N) is 1. The highest BCUT2D eigenvalue weighted by Crippen LogP contribution is 2.32. The molecular formula is C21H18N2S. The van der Waals surface area contributed by atoms with Gasteiger partial charge in [-0.2, -0.15) is 0 Å². The van der Waals surface area contributed by atoms with Crippen molar-refractivity contribution < 1.29 is 0 Å². The Morgan fingerprint density at radius 1 is 0.792 bits per heavy atom. The van der Waals surface area contributed by atoms with E-state index in [1.165, 1.54) is 26.8 Å². The van der Waals surface area contributed by atoms with Gasteiger partial charge in [0.05, 0.1) is 4.88 Å². The van der Waals surface area contributed by atoms with Crippen molar-refractivity contribution >= 4 is 22.1 Å². The molecule has 0 unspecified atom stereocenters. The summed E-state index contributed by atoms with van der Waals surface area (Å²) in [5, 5.41) is 7.14. The van der Waals surface area contributed by atoms with Gasteiger partial charge in [-0.3, -0.25) is 0 Å². The molecule has 0 saturated heterocycles. The monoisotopic (exact) mass is 330 g/mol. The van der Waals surface area contributed by atoms with E-state index in [1.54, 1.807) is 11.3 Å². The molecule has 1 N–H and O–H groups in total. The van der Waals surface area contributed by atoms with Gasteiger partial charge in [0.15, 0.2) is 0 Å². The van der Waals surface area contributed by atoms with Crippen LogP contribution in [-0.2, 0) is 13.1 Å². The van der Waals surface area contributed by atoms with Crippen molar-refractivity contribution in [2.75, 3.05) is 0 Å². The van der Waals surface area contributed by atoms with Crippen LogP contribution < -0.4 is 5.32 Å². The zero-order valence-electron chi connectivity index (χ0n) is 13.3. The van der Waals surface area contributed by atoms with Crippen LogP contribution in [0.4, 0.5) is 0 Å². The highest BCUT2D eigenvalue weighted by molar-refractivity contribution is 7.15. The Morgan fingerprint density at radius 3 is 2.50 bits per heavy atom. The average molecular weight is 330 g/mol. The summed E-state index contributed by atoms with van der Waals surface area (Å²) >= 11 is 1.76. The second-order valence-corrected chi connectivity index (χ2v) is 6.85. The summed E-state index contributed by atoms with van der Waals surface area (Å²) in [6.45, 7) is 1.66. The minimum absolute atomic E-state index is 0.796. The van der Waals surface area contributed by atoms with E-state index in [4.69, 9.17) is 0 Å². The van der Waals surface area contributed by atoms with E-state index in [0.29, 0.717) is 0 Å². The third-order valence-corrected chi connectivity index (χ3v) is 5.09. The molecule has 0 bridgehead atoms. The summed E-state index contributed by atoms with van der Waals surface area (Å²) < 4.78 is 0. The lowest BCUT2D eigenvalue weighted by molar-refractivity contribution is 0.690. The van der Waals surface area contributed by atoms with Gasteiger partial charge in [-0.05, 0) is 16.3 Å². The minimum atomic E-state index is 0.796. The predicted molar refractivity (Wildman–Crippen MR) is 102 cm³/mol. The SMILES string of the molecule is c1ccc(CNCc2ncc(-c3cccc4ccccc34)s2)cc1. The van der Waals surface area contributed by atoms with E-state index in [9.17, 15) is 0 Å². The molecule has 0 saturated carbocycles. The fourth-order valence-corrected chi connectivity index (χ4v) is 3.79. The van der Waals surface area contributed by atoms with Crippen molar-refractivity contribution in [1.29, 1.82) is 0 Å². The molecule has 0 aliphatic carbocycles. The summed E-state index contributed by atoms with van der Waals surface area (Å²) in [7, 11) is 0. The lowest BCUT2D eigenvalue weighted by atomic mass is 10.0. The number of hydrogen-bond donors (Lipinski definition) is 1. The third-order valence-electron chi connectivity index (χ3n) is 4.06. The van der Waals surface area contributed by atoms with Gasteiger partial charge in [0, 0.05) is 24.8 Å². The van der Waals surface area contributed by atoms with Gasteiger partial charge < -0.3 is 5.32 Å². The van der Waals surface area contributed by atoms with Gasteiger partial charge in [-0.1, -0.05) is 72.8 Å². The van der Waals surface area contributed by atoms with E-state index in [2.05, 4.69) is 77.0 Å². The molecule has 4 rings (SSSR count). The Labute approximate surface area is 145 Å². The molecule has 0 amide bonds. The standard InChI is InChI=1S/C21H18N2S/c1-2-7-16(8-3-1)13-22-15-21-23-14-20(24-21)19-12-6-10-17-9-4-5-11-18(17)19/h1-12,14,22H,13,15H2. The van der Waals surface area contributed by atoms with Crippen LogP contribution in [0.1, 0.15) is 10.6 Å². The molecule has 1 heterocycles. The smallest absolute Gasteiger partial charge is 0.107 e. The second-order valence-electron chi connectivity index (χ2n) is 5.73. The first-order chi connectivity index (χ1) is 11.9. The quantitative estimate of drug-likeness (QED) is 0.540. The molecule has 0 radical (unpaired) electrons. The Morgan fingerprint density at radius 2 is 1.58 bits per heavy atom. The zero-order valence-corrected chi connectivity index (χ0v) is 14.1. The molecule has 3 aromatic carbocycles. The molecule has 0 spiro atoms. The normalized spacial score (nSPS) is 11.0. The predicted octanol–water partition coefficient (Wildman–Crippen LogP) is 5.25. The summed E-state index contributed by atoms with van der Waals surface area (Å²) in [5.74, 6) is 0. The van der Waals surface area contributed by atoms with Crippen molar-refractivity contribution in [1.82, 2.24) is 10.3 Å².